The summed E-state index contributed by atoms with van der Waals surface area (Å²) in [6, 6.07) is 6.34. The van der Waals surface area contributed by atoms with Gasteiger partial charge in [-0.1, -0.05) is 23.7 Å². The molecule has 0 aliphatic carbocycles. The highest BCUT2D eigenvalue weighted by Gasteiger charge is 2.20. The Hall–Kier alpha value is -0.730. The highest BCUT2D eigenvalue weighted by atomic mass is 35.5. The fourth-order valence-electron chi connectivity index (χ4n) is 1.90. The van der Waals surface area contributed by atoms with Gasteiger partial charge in [-0.2, -0.15) is 0 Å². The molecule has 0 amide bonds. The number of rotatable bonds is 5. The molecule has 1 aromatic rings. The maximum atomic E-state index is 6.25. The second-order valence-electron chi connectivity index (χ2n) is 5.15. The van der Waals surface area contributed by atoms with E-state index in [1.54, 1.807) is 7.11 Å². The van der Waals surface area contributed by atoms with E-state index in [1.165, 1.54) is 0 Å². The molecule has 0 radical (unpaired) electrons. The number of anilines is 1. The Morgan fingerprint density at radius 2 is 2.06 bits per heavy atom. The van der Waals surface area contributed by atoms with E-state index < -0.39 is 0 Å². The van der Waals surface area contributed by atoms with Crippen LogP contribution in [-0.4, -0.2) is 18.8 Å². The summed E-state index contributed by atoms with van der Waals surface area (Å²) in [5.41, 5.74) is 1.96. The second kappa shape index (κ2) is 5.74. The Bertz CT molecular complexity index is 376. The smallest absolute Gasteiger partial charge is 0.0666 e. The lowest BCUT2D eigenvalue weighted by Crippen LogP contribution is -2.31. The minimum atomic E-state index is -0.122. The van der Waals surface area contributed by atoms with Crippen LogP contribution in [0.2, 0.25) is 5.02 Å². The lowest BCUT2D eigenvalue weighted by atomic mass is 9.99. The van der Waals surface area contributed by atoms with E-state index in [9.17, 15) is 0 Å². The topological polar surface area (TPSA) is 21.3 Å². The van der Waals surface area contributed by atoms with E-state index in [1.807, 2.05) is 25.1 Å². The first-order valence-electron chi connectivity index (χ1n) is 5.92. The predicted octanol–water partition coefficient (Wildman–Crippen LogP) is 4.26. The molecule has 3 heteroatoms. The van der Waals surface area contributed by atoms with E-state index in [4.69, 9.17) is 16.3 Å². The summed E-state index contributed by atoms with van der Waals surface area (Å²) in [4.78, 5) is 0. The summed E-state index contributed by atoms with van der Waals surface area (Å²) in [5.74, 6) is 0. The molecule has 0 aliphatic heterocycles. The van der Waals surface area contributed by atoms with Gasteiger partial charge in [-0.25, -0.2) is 0 Å². The zero-order valence-corrected chi connectivity index (χ0v) is 12.1. The summed E-state index contributed by atoms with van der Waals surface area (Å²) in [5, 5.41) is 4.23. The molecule has 0 saturated heterocycles. The minimum absolute atomic E-state index is 0.122. The number of benzene rings is 1. The van der Waals surface area contributed by atoms with Gasteiger partial charge < -0.3 is 10.1 Å². The Kier molecular flexibility index (Phi) is 4.84. The molecule has 0 spiro atoms. The zero-order valence-electron chi connectivity index (χ0n) is 11.3. The van der Waals surface area contributed by atoms with E-state index in [0.29, 0.717) is 6.04 Å². The molecule has 1 aromatic carbocycles. The highest BCUT2D eigenvalue weighted by molar-refractivity contribution is 6.34. The molecule has 0 saturated carbocycles. The number of halogens is 1. The number of nitrogens with one attached hydrogen (secondary N) is 1. The van der Waals surface area contributed by atoms with Crippen molar-refractivity contribution in [1.82, 2.24) is 0 Å². The van der Waals surface area contributed by atoms with Crippen molar-refractivity contribution in [3.8, 4) is 0 Å². The number of hydrogen-bond acceptors (Lipinski definition) is 2. The zero-order chi connectivity index (χ0) is 13.1. The Morgan fingerprint density at radius 3 is 2.65 bits per heavy atom. The lowest BCUT2D eigenvalue weighted by Gasteiger charge is -2.28. The maximum absolute atomic E-state index is 6.25. The molecule has 0 aliphatic rings. The van der Waals surface area contributed by atoms with E-state index >= 15 is 0 Å². The van der Waals surface area contributed by atoms with Crippen LogP contribution in [0.5, 0.6) is 0 Å². The van der Waals surface area contributed by atoms with Gasteiger partial charge >= 0.3 is 0 Å². The number of aryl methyl sites for hydroxylation is 1. The van der Waals surface area contributed by atoms with Gasteiger partial charge in [0.05, 0.1) is 16.3 Å². The molecule has 1 rings (SSSR count). The van der Waals surface area contributed by atoms with Crippen molar-refractivity contribution in [3.05, 3.63) is 28.8 Å². The van der Waals surface area contributed by atoms with Crippen LogP contribution in [0, 0.1) is 6.92 Å². The number of ether oxygens (including phenoxy) is 1. The average molecular weight is 256 g/mol. The van der Waals surface area contributed by atoms with E-state index in [-0.39, 0.29) is 5.60 Å². The standard InChI is InChI=1S/C14H22ClNO/c1-10-7-6-8-12(13(10)15)16-11(2)9-14(3,4)17-5/h6-8,11,16H,9H2,1-5H3. The van der Waals surface area contributed by atoms with Gasteiger partial charge in [-0.05, 0) is 45.7 Å². The Balaban J connectivity index is 2.68. The van der Waals surface area contributed by atoms with Gasteiger partial charge in [0.25, 0.3) is 0 Å². The van der Waals surface area contributed by atoms with Crippen LogP contribution >= 0.6 is 11.6 Å². The molecule has 0 heterocycles. The van der Waals surface area contributed by atoms with Crippen molar-refractivity contribution in [2.24, 2.45) is 0 Å². The van der Waals surface area contributed by atoms with Crippen LogP contribution in [0.4, 0.5) is 5.69 Å². The number of hydrogen-bond donors (Lipinski definition) is 1. The van der Waals surface area contributed by atoms with Gasteiger partial charge in [0.2, 0.25) is 0 Å². The maximum Gasteiger partial charge on any atom is 0.0666 e. The summed E-state index contributed by atoms with van der Waals surface area (Å²) in [7, 11) is 1.74. The van der Waals surface area contributed by atoms with Crippen LogP contribution < -0.4 is 5.32 Å². The summed E-state index contributed by atoms with van der Waals surface area (Å²) >= 11 is 6.25. The largest absolute Gasteiger partial charge is 0.381 e. The van der Waals surface area contributed by atoms with Crippen LogP contribution in [-0.2, 0) is 4.74 Å². The third-order valence-electron chi connectivity index (χ3n) is 2.94. The molecular weight excluding hydrogens is 234 g/mol. The normalized spacial score (nSPS) is 13.5. The average Bonchev–Trinajstić information content (AvgIpc) is 2.24. The molecule has 17 heavy (non-hydrogen) atoms. The van der Waals surface area contributed by atoms with Crippen LogP contribution in [0.25, 0.3) is 0 Å². The van der Waals surface area contributed by atoms with Crippen molar-refractivity contribution in [2.75, 3.05) is 12.4 Å². The molecule has 0 aromatic heterocycles. The molecule has 1 atom stereocenters. The Morgan fingerprint density at radius 1 is 1.41 bits per heavy atom. The minimum Gasteiger partial charge on any atom is -0.381 e. The fourth-order valence-corrected chi connectivity index (χ4v) is 2.08. The molecule has 2 nitrogen and oxygen atoms in total. The third-order valence-corrected chi connectivity index (χ3v) is 3.45. The fraction of sp³-hybridized carbons (Fsp3) is 0.571. The monoisotopic (exact) mass is 255 g/mol. The van der Waals surface area contributed by atoms with Crippen molar-refractivity contribution >= 4 is 17.3 Å². The Labute approximate surface area is 109 Å². The first-order chi connectivity index (χ1) is 7.85. The van der Waals surface area contributed by atoms with Gasteiger partial charge in [0.15, 0.2) is 0 Å². The highest BCUT2D eigenvalue weighted by Crippen LogP contribution is 2.27. The van der Waals surface area contributed by atoms with Crippen molar-refractivity contribution in [1.29, 1.82) is 0 Å². The van der Waals surface area contributed by atoms with Crippen LogP contribution in [0.15, 0.2) is 18.2 Å². The third kappa shape index (κ3) is 4.21. The van der Waals surface area contributed by atoms with Crippen LogP contribution in [0.3, 0.4) is 0 Å². The molecule has 1 unspecified atom stereocenters. The summed E-state index contributed by atoms with van der Waals surface area (Å²) in [6.45, 7) is 8.32. The first kappa shape index (κ1) is 14.3. The molecule has 0 fully saturated rings. The van der Waals surface area contributed by atoms with Crippen molar-refractivity contribution < 1.29 is 4.74 Å². The quantitative estimate of drug-likeness (QED) is 0.849. The summed E-state index contributed by atoms with van der Waals surface area (Å²) < 4.78 is 5.43. The number of methoxy groups -OCH3 is 1. The molecule has 1 N–H and O–H groups in total. The lowest BCUT2D eigenvalue weighted by molar-refractivity contribution is 0.0128. The van der Waals surface area contributed by atoms with E-state index in [0.717, 1.165) is 22.7 Å². The van der Waals surface area contributed by atoms with Crippen LogP contribution in [0.1, 0.15) is 32.8 Å². The first-order valence-corrected chi connectivity index (χ1v) is 6.30. The van der Waals surface area contributed by atoms with Gasteiger partial charge in [0, 0.05) is 13.2 Å². The molecular formula is C14H22ClNO. The SMILES string of the molecule is COC(C)(C)CC(C)Nc1cccc(C)c1Cl. The molecule has 96 valence electrons. The van der Waals surface area contributed by atoms with Crippen molar-refractivity contribution in [3.63, 3.8) is 0 Å². The van der Waals surface area contributed by atoms with E-state index in [2.05, 4.69) is 26.1 Å². The van der Waals surface area contributed by atoms with Crippen molar-refractivity contribution in [2.45, 2.75) is 45.8 Å². The van der Waals surface area contributed by atoms with Gasteiger partial charge in [0.1, 0.15) is 0 Å². The van der Waals surface area contributed by atoms with Gasteiger partial charge in [-0.3, -0.25) is 0 Å². The van der Waals surface area contributed by atoms with Gasteiger partial charge in [-0.15, -0.1) is 0 Å². The predicted molar refractivity (Wildman–Crippen MR) is 75.0 cm³/mol. The summed E-state index contributed by atoms with van der Waals surface area (Å²) in [6.07, 6.45) is 0.924. The second-order valence-corrected chi connectivity index (χ2v) is 5.53. The molecule has 0 bridgehead atoms.